The molecule has 3 aromatic rings. The van der Waals surface area contributed by atoms with Crippen molar-refractivity contribution >= 4 is 23.2 Å². The van der Waals surface area contributed by atoms with Gasteiger partial charge in [0.05, 0.1) is 18.4 Å². The number of nitro benzene ring substituents is 1. The maximum Gasteiger partial charge on any atom is 0.294 e. The third-order valence-electron chi connectivity index (χ3n) is 5.50. The van der Waals surface area contributed by atoms with Crippen LogP contribution < -0.4 is 4.74 Å². The summed E-state index contributed by atoms with van der Waals surface area (Å²) in [4.78, 5) is 32.0. The van der Waals surface area contributed by atoms with Gasteiger partial charge in [0.25, 0.3) is 11.6 Å². The van der Waals surface area contributed by atoms with Crippen molar-refractivity contribution in [1.29, 1.82) is 0 Å². The van der Waals surface area contributed by atoms with Gasteiger partial charge in [-0.15, -0.1) is 0 Å². The first kappa shape index (κ1) is 21.8. The summed E-state index contributed by atoms with van der Waals surface area (Å²) in [6.07, 6.45) is 4.65. The predicted molar refractivity (Wildman–Crippen MR) is 119 cm³/mol. The minimum absolute atomic E-state index is 0.138. The van der Waals surface area contributed by atoms with Gasteiger partial charge in [0.2, 0.25) is 0 Å². The molecule has 2 aromatic carbocycles. The Hall–Kier alpha value is -3.43. The number of amides is 1. The quantitative estimate of drug-likeness (QED) is 0.417. The van der Waals surface area contributed by atoms with Crippen LogP contribution in [0, 0.1) is 10.1 Å². The Balaban J connectivity index is 1.44. The van der Waals surface area contributed by atoms with E-state index in [0.29, 0.717) is 49.0 Å². The minimum Gasteiger partial charge on any atom is -0.496 e. The zero-order valence-electron chi connectivity index (χ0n) is 17.5. The molecule has 0 saturated carbocycles. The van der Waals surface area contributed by atoms with Crippen LogP contribution in [0.1, 0.15) is 15.9 Å². The second-order valence-electron chi connectivity index (χ2n) is 7.46. The zero-order valence-corrected chi connectivity index (χ0v) is 18.2. The molecule has 10 heteroatoms. The third kappa shape index (κ3) is 4.58. The lowest BCUT2D eigenvalue weighted by atomic mass is 10.1. The number of halogens is 1. The molecule has 1 saturated heterocycles. The lowest BCUT2D eigenvalue weighted by Crippen LogP contribution is -2.48. The van der Waals surface area contributed by atoms with E-state index in [9.17, 15) is 14.9 Å². The number of benzene rings is 2. The summed E-state index contributed by atoms with van der Waals surface area (Å²) in [5, 5.41) is 12.2. The molecule has 1 aliphatic rings. The molecule has 1 fully saturated rings. The Bertz CT molecular complexity index is 1130. The van der Waals surface area contributed by atoms with Crippen LogP contribution in [0.5, 0.6) is 5.75 Å². The number of imidazole rings is 1. The summed E-state index contributed by atoms with van der Waals surface area (Å²) < 4.78 is 6.97. The van der Waals surface area contributed by atoms with E-state index in [-0.39, 0.29) is 11.6 Å². The van der Waals surface area contributed by atoms with Gasteiger partial charge in [0.1, 0.15) is 11.4 Å². The van der Waals surface area contributed by atoms with Gasteiger partial charge in [0, 0.05) is 67.3 Å². The van der Waals surface area contributed by atoms with Crippen molar-refractivity contribution in [1.82, 2.24) is 19.4 Å². The highest BCUT2D eigenvalue weighted by Gasteiger charge is 2.25. The van der Waals surface area contributed by atoms with Crippen molar-refractivity contribution in [2.24, 2.45) is 0 Å². The molecule has 0 atom stereocenters. The van der Waals surface area contributed by atoms with Crippen molar-refractivity contribution in [3.8, 4) is 11.4 Å². The number of hydrogen-bond acceptors (Lipinski definition) is 6. The SMILES string of the molecule is COc1ccc(Cl)cc1CN1CCN(C(=O)c2ccc(-n3ccnc3)c([N+](=O)[O-])c2)CC1. The van der Waals surface area contributed by atoms with Gasteiger partial charge in [-0.1, -0.05) is 11.6 Å². The topological polar surface area (TPSA) is 93.7 Å². The van der Waals surface area contributed by atoms with E-state index in [4.69, 9.17) is 16.3 Å². The van der Waals surface area contributed by atoms with Gasteiger partial charge in [0.15, 0.2) is 0 Å². The Morgan fingerprint density at radius 3 is 2.62 bits per heavy atom. The minimum atomic E-state index is -0.484. The first-order valence-electron chi connectivity index (χ1n) is 10.1. The summed E-state index contributed by atoms with van der Waals surface area (Å²) in [5.41, 5.74) is 1.51. The first-order chi connectivity index (χ1) is 15.5. The highest BCUT2D eigenvalue weighted by Crippen LogP contribution is 2.26. The van der Waals surface area contributed by atoms with Gasteiger partial charge in [-0.05, 0) is 30.3 Å². The third-order valence-corrected chi connectivity index (χ3v) is 5.73. The fourth-order valence-corrected chi connectivity index (χ4v) is 4.02. The number of nitrogens with zero attached hydrogens (tertiary/aromatic N) is 5. The molecule has 0 spiro atoms. The lowest BCUT2D eigenvalue weighted by molar-refractivity contribution is -0.384. The Morgan fingerprint density at radius 1 is 1.19 bits per heavy atom. The molecule has 0 aliphatic carbocycles. The van der Waals surface area contributed by atoms with Gasteiger partial charge in [-0.25, -0.2) is 4.98 Å². The van der Waals surface area contributed by atoms with E-state index >= 15 is 0 Å². The van der Waals surface area contributed by atoms with Crippen LogP contribution in [-0.4, -0.2) is 63.5 Å². The second kappa shape index (κ2) is 9.37. The fourth-order valence-electron chi connectivity index (χ4n) is 3.83. The van der Waals surface area contributed by atoms with Crippen molar-refractivity contribution in [3.63, 3.8) is 0 Å². The standard InChI is InChI=1S/C22H22ClN5O4/c1-32-21-5-3-18(23)12-17(21)14-25-8-10-26(11-9-25)22(29)16-2-4-19(20(13-16)28(30)31)27-7-6-24-15-27/h2-7,12-13,15H,8-11,14H2,1H3. The molecule has 32 heavy (non-hydrogen) atoms. The van der Waals surface area contributed by atoms with E-state index in [2.05, 4.69) is 9.88 Å². The second-order valence-corrected chi connectivity index (χ2v) is 7.89. The van der Waals surface area contributed by atoms with Crippen LogP contribution >= 0.6 is 11.6 Å². The summed E-state index contributed by atoms with van der Waals surface area (Å²) in [6, 6.07) is 10.1. The number of methoxy groups -OCH3 is 1. The van der Waals surface area contributed by atoms with E-state index < -0.39 is 4.92 Å². The summed E-state index contributed by atoms with van der Waals surface area (Å²) in [5.74, 6) is 0.559. The van der Waals surface area contributed by atoms with E-state index in [1.54, 1.807) is 47.2 Å². The highest BCUT2D eigenvalue weighted by molar-refractivity contribution is 6.30. The summed E-state index contributed by atoms with van der Waals surface area (Å²) >= 11 is 6.12. The zero-order chi connectivity index (χ0) is 22.7. The maximum absolute atomic E-state index is 13.0. The summed E-state index contributed by atoms with van der Waals surface area (Å²) in [6.45, 7) is 3.07. The van der Waals surface area contributed by atoms with Gasteiger partial charge in [-0.2, -0.15) is 0 Å². The monoisotopic (exact) mass is 455 g/mol. The number of nitro groups is 1. The number of carbonyl (C=O) groups is 1. The van der Waals surface area contributed by atoms with Crippen LogP contribution in [0.25, 0.3) is 5.69 Å². The first-order valence-corrected chi connectivity index (χ1v) is 10.4. The van der Waals surface area contributed by atoms with Crippen LogP contribution in [0.2, 0.25) is 5.02 Å². The molecule has 0 N–H and O–H groups in total. The van der Waals surface area contributed by atoms with Crippen molar-refractivity contribution < 1.29 is 14.5 Å². The van der Waals surface area contributed by atoms with Gasteiger partial charge in [-0.3, -0.25) is 19.8 Å². The van der Waals surface area contributed by atoms with E-state index in [1.165, 1.54) is 12.4 Å². The van der Waals surface area contributed by atoms with Crippen LogP contribution in [0.3, 0.4) is 0 Å². The van der Waals surface area contributed by atoms with Crippen LogP contribution in [0.4, 0.5) is 5.69 Å². The Labute approximate surface area is 189 Å². The molecular formula is C22H22ClN5O4. The molecule has 9 nitrogen and oxygen atoms in total. The van der Waals surface area contributed by atoms with E-state index in [1.807, 2.05) is 12.1 Å². The van der Waals surface area contributed by atoms with Gasteiger partial charge >= 0.3 is 0 Å². The van der Waals surface area contributed by atoms with Crippen LogP contribution in [-0.2, 0) is 6.54 Å². The smallest absolute Gasteiger partial charge is 0.294 e. The normalized spacial score (nSPS) is 14.4. The molecule has 1 amide bonds. The van der Waals surface area contributed by atoms with E-state index in [0.717, 1.165) is 11.3 Å². The number of rotatable bonds is 6. The molecule has 0 radical (unpaired) electrons. The van der Waals surface area contributed by atoms with Crippen molar-refractivity contribution in [2.45, 2.75) is 6.54 Å². The average Bonchev–Trinajstić information content (AvgIpc) is 3.34. The average molecular weight is 456 g/mol. The molecule has 166 valence electrons. The Morgan fingerprint density at radius 2 is 1.97 bits per heavy atom. The van der Waals surface area contributed by atoms with Crippen molar-refractivity contribution in [3.05, 3.63) is 81.4 Å². The molecule has 0 unspecified atom stereocenters. The predicted octanol–water partition coefficient (Wildman–Crippen LogP) is 3.40. The molecule has 2 heterocycles. The van der Waals surface area contributed by atoms with Gasteiger partial charge < -0.3 is 14.2 Å². The molecular weight excluding hydrogens is 434 g/mol. The molecule has 4 rings (SSSR count). The Kier molecular flexibility index (Phi) is 6.38. The molecule has 1 aromatic heterocycles. The fraction of sp³-hybridized carbons (Fsp3) is 0.273. The number of ether oxygens (including phenoxy) is 1. The highest BCUT2D eigenvalue weighted by atomic mass is 35.5. The maximum atomic E-state index is 13.0. The lowest BCUT2D eigenvalue weighted by Gasteiger charge is -2.35. The number of hydrogen-bond donors (Lipinski definition) is 0. The molecule has 0 bridgehead atoms. The number of piperazine rings is 1. The number of carbonyl (C=O) groups excluding carboxylic acids is 1. The largest absolute Gasteiger partial charge is 0.496 e. The number of aromatic nitrogens is 2. The van der Waals surface area contributed by atoms with Crippen LogP contribution in [0.15, 0.2) is 55.1 Å². The molecule has 1 aliphatic heterocycles. The summed E-state index contributed by atoms with van der Waals surface area (Å²) in [7, 11) is 1.63. The van der Waals surface area contributed by atoms with Crippen molar-refractivity contribution in [2.75, 3.05) is 33.3 Å².